The summed E-state index contributed by atoms with van der Waals surface area (Å²) >= 11 is 0. The van der Waals surface area contributed by atoms with Crippen LogP contribution in [0.1, 0.15) is 31.4 Å². The second-order valence-corrected chi connectivity index (χ2v) is 8.26. The van der Waals surface area contributed by atoms with E-state index in [1.54, 1.807) is 16.8 Å². The van der Waals surface area contributed by atoms with Gasteiger partial charge < -0.3 is 15.4 Å². The molecule has 1 saturated heterocycles. The maximum absolute atomic E-state index is 12.0. The molecule has 1 saturated carbocycles. The van der Waals surface area contributed by atoms with Crippen molar-refractivity contribution in [3.8, 4) is 22.9 Å². The summed E-state index contributed by atoms with van der Waals surface area (Å²) in [5.74, 6) is 1.89. The summed E-state index contributed by atoms with van der Waals surface area (Å²) < 4.78 is 7.88. The average molecular weight is 416 g/mol. The van der Waals surface area contributed by atoms with Crippen LogP contribution in [0.2, 0.25) is 0 Å². The molecule has 1 aliphatic carbocycles. The Hall–Kier alpha value is -3.44. The zero-order chi connectivity index (χ0) is 21.2. The monoisotopic (exact) mass is 416 g/mol. The maximum Gasteiger partial charge on any atom is 0.228 e. The van der Waals surface area contributed by atoms with E-state index in [4.69, 9.17) is 4.74 Å². The molecule has 4 heterocycles. The Morgan fingerprint density at radius 1 is 1.26 bits per heavy atom. The van der Waals surface area contributed by atoms with Crippen LogP contribution in [0.5, 0.6) is 5.75 Å². The Morgan fingerprint density at radius 3 is 2.87 bits per heavy atom. The molecule has 5 rings (SSSR count). The number of hydrogen-bond donors (Lipinski definition) is 2. The van der Waals surface area contributed by atoms with Crippen molar-refractivity contribution in [2.45, 2.75) is 25.7 Å². The lowest BCUT2D eigenvalue weighted by atomic mass is 9.99. The highest BCUT2D eigenvalue weighted by Gasteiger charge is 2.30. The number of pyridine rings is 2. The van der Waals surface area contributed by atoms with Gasteiger partial charge in [0.25, 0.3) is 0 Å². The summed E-state index contributed by atoms with van der Waals surface area (Å²) in [6.07, 6.45) is 7.57. The van der Waals surface area contributed by atoms with Crippen LogP contribution in [-0.4, -0.2) is 40.2 Å². The number of carbonyl (C=O) groups is 1. The first-order chi connectivity index (χ1) is 15.2. The summed E-state index contributed by atoms with van der Waals surface area (Å²) in [4.78, 5) is 16.2. The number of anilines is 1. The molecule has 2 N–H and O–H groups in total. The number of piperidine rings is 1. The molecule has 3 aromatic heterocycles. The van der Waals surface area contributed by atoms with Crippen molar-refractivity contribution in [2.24, 2.45) is 11.8 Å². The number of nitriles is 1. The van der Waals surface area contributed by atoms with Crippen LogP contribution in [0.3, 0.4) is 0 Å². The molecule has 8 nitrogen and oxygen atoms in total. The summed E-state index contributed by atoms with van der Waals surface area (Å²) in [7, 11) is 0. The largest absolute Gasteiger partial charge is 0.491 e. The van der Waals surface area contributed by atoms with Crippen LogP contribution in [0.15, 0.2) is 36.7 Å². The zero-order valence-corrected chi connectivity index (χ0v) is 17.2. The fraction of sp³-hybridized carbons (Fsp3) is 0.391. The highest BCUT2D eigenvalue weighted by molar-refractivity contribution is 5.93. The molecule has 2 aliphatic rings. The number of ether oxygens (including phenoxy) is 1. The van der Waals surface area contributed by atoms with Crippen molar-refractivity contribution in [3.63, 3.8) is 0 Å². The molecule has 0 atom stereocenters. The van der Waals surface area contributed by atoms with Gasteiger partial charge in [0.2, 0.25) is 5.91 Å². The lowest BCUT2D eigenvalue weighted by Gasteiger charge is -2.23. The van der Waals surface area contributed by atoms with Crippen LogP contribution in [0, 0.1) is 23.2 Å². The summed E-state index contributed by atoms with van der Waals surface area (Å²) in [6.45, 7) is 2.67. The van der Waals surface area contributed by atoms with Crippen molar-refractivity contribution in [2.75, 3.05) is 25.0 Å². The molecular formula is C23H24N6O2. The van der Waals surface area contributed by atoms with Gasteiger partial charge in [-0.3, -0.25) is 4.79 Å². The molecule has 3 aromatic rings. The molecule has 2 fully saturated rings. The third-order valence-electron chi connectivity index (χ3n) is 5.89. The number of carbonyl (C=O) groups excluding carboxylic acids is 1. The Labute approximate surface area is 180 Å². The van der Waals surface area contributed by atoms with Gasteiger partial charge in [0, 0.05) is 23.7 Å². The van der Waals surface area contributed by atoms with Gasteiger partial charge in [-0.25, -0.2) is 9.50 Å². The van der Waals surface area contributed by atoms with Gasteiger partial charge in [-0.2, -0.15) is 10.4 Å². The smallest absolute Gasteiger partial charge is 0.228 e. The van der Waals surface area contributed by atoms with E-state index in [0.717, 1.165) is 55.4 Å². The topological polar surface area (TPSA) is 104 Å². The number of aromatic nitrogens is 3. The van der Waals surface area contributed by atoms with E-state index in [-0.39, 0.29) is 11.8 Å². The summed E-state index contributed by atoms with van der Waals surface area (Å²) in [6, 6.07) is 9.63. The van der Waals surface area contributed by atoms with E-state index in [1.165, 1.54) is 0 Å². The minimum absolute atomic E-state index is 0.0324. The van der Waals surface area contributed by atoms with Crippen molar-refractivity contribution in [1.82, 2.24) is 19.9 Å². The number of rotatable bonds is 6. The Kier molecular flexibility index (Phi) is 5.26. The van der Waals surface area contributed by atoms with Crippen LogP contribution < -0.4 is 15.4 Å². The van der Waals surface area contributed by atoms with Crippen molar-refractivity contribution in [1.29, 1.82) is 5.26 Å². The van der Waals surface area contributed by atoms with Gasteiger partial charge in [-0.15, -0.1) is 0 Å². The molecule has 0 spiro atoms. The van der Waals surface area contributed by atoms with E-state index in [0.29, 0.717) is 29.8 Å². The number of hydrogen-bond acceptors (Lipinski definition) is 6. The normalized spacial score (nSPS) is 16.7. The molecule has 0 aromatic carbocycles. The first-order valence-electron chi connectivity index (χ1n) is 10.7. The molecule has 0 unspecified atom stereocenters. The van der Waals surface area contributed by atoms with Gasteiger partial charge in [0.05, 0.1) is 18.3 Å². The fourth-order valence-electron chi connectivity index (χ4n) is 3.90. The molecule has 158 valence electrons. The Bertz CT molecular complexity index is 1150. The van der Waals surface area contributed by atoms with E-state index in [9.17, 15) is 10.1 Å². The molecule has 8 heteroatoms. The Balaban J connectivity index is 1.41. The third-order valence-corrected chi connectivity index (χ3v) is 5.89. The van der Waals surface area contributed by atoms with Gasteiger partial charge in [0.1, 0.15) is 17.5 Å². The molecular weight excluding hydrogens is 392 g/mol. The van der Waals surface area contributed by atoms with Gasteiger partial charge in [-0.1, -0.05) is 0 Å². The van der Waals surface area contributed by atoms with E-state index < -0.39 is 0 Å². The van der Waals surface area contributed by atoms with Gasteiger partial charge in [-0.05, 0) is 68.5 Å². The Morgan fingerprint density at radius 2 is 2.10 bits per heavy atom. The van der Waals surface area contributed by atoms with Gasteiger partial charge in [0.15, 0.2) is 5.82 Å². The highest BCUT2D eigenvalue weighted by Crippen LogP contribution is 2.33. The molecule has 31 heavy (non-hydrogen) atoms. The molecule has 0 radical (unpaired) electrons. The maximum atomic E-state index is 12.0. The second-order valence-electron chi connectivity index (χ2n) is 8.26. The lowest BCUT2D eigenvalue weighted by Crippen LogP contribution is -2.30. The van der Waals surface area contributed by atoms with E-state index in [1.807, 2.05) is 24.4 Å². The van der Waals surface area contributed by atoms with E-state index >= 15 is 0 Å². The molecule has 0 bridgehead atoms. The van der Waals surface area contributed by atoms with Crippen LogP contribution in [0.25, 0.3) is 16.6 Å². The zero-order valence-electron chi connectivity index (χ0n) is 17.2. The number of nitrogens with one attached hydrogen (secondary N) is 2. The summed E-state index contributed by atoms with van der Waals surface area (Å²) in [5.41, 5.74) is 2.93. The minimum Gasteiger partial charge on any atom is -0.491 e. The number of fused-ring (bicyclic) bond motifs is 1. The van der Waals surface area contributed by atoms with Crippen molar-refractivity contribution >= 4 is 17.2 Å². The number of amides is 1. The predicted molar refractivity (Wildman–Crippen MR) is 116 cm³/mol. The molecule has 1 amide bonds. The first-order valence-corrected chi connectivity index (χ1v) is 10.7. The first kappa shape index (κ1) is 19.5. The van der Waals surface area contributed by atoms with Crippen molar-refractivity contribution < 1.29 is 9.53 Å². The summed E-state index contributed by atoms with van der Waals surface area (Å²) in [5, 5.41) is 20.0. The quantitative estimate of drug-likeness (QED) is 0.640. The van der Waals surface area contributed by atoms with Crippen LogP contribution >= 0.6 is 0 Å². The second kappa shape index (κ2) is 8.36. The van der Waals surface area contributed by atoms with Crippen molar-refractivity contribution in [3.05, 3.63) is 42.4 Å². The fourth-order valence-corrected chi connectivity index (χ4v) is 3.90. The third kappa shape index (κ3) is 4.37. The average Bonchev–Trinajstić information content (AvgIpc) is 3.58. The van der Waals surface area contributed by atoms with E-state index in [2.05, 4.69) is 26.8 Å². The number of nitrogens with zero attached hydrogens (tertiary/aromatic N) is 4. The highest BCUT2D eigenvalue weighted by atomic mass is 16.5. The van der Waals surface area contributed by atoms with Crippen LogP contribution in [0.4, 0.5) is 5.82 Å². The molecule has 1 aliphatic heterocycles. The van der Waals surface area contributed by atoms with Crippen LogP contribution in [-0.2, 0) is 4.79 Å². The lowest BCUT2D eigenvalue weighted by molar-refractivity contribution is -0.117. The predicted octanol–water partition coefficient (Wildman–Crippen LogP) is 2.99. The van der Waals surface area contributed by atoms with Gasteiger partial charge >= 0.3 is 0 Å². The minimum atomic E-state index is 0.0324. The standard InChI is InChI=1S/C23H24N6O2/c24-12-18-10-20(21(13-26-18)31-14-15-3-6-25-7-4-15)17-5-8-29-19(9-17)11-22(28-29)27-23(30)16-1-2-16/h5,8-11,13,15-16,25H,1-4,6-7,14H2,(H,27,28,30). The SMILES string of the molecule is N#Cc1cc(-c2ccn3nc(NC(=O)C4CC4)cc3c2)c(OCC2CCNCC2)cn1.